The Labute approximate surface area is 156 Å². The molecule has 0 aromatic heterocycles. The third kappa shape index (κ3) is 4.89. The molecule has 140 valence electrons. The molecule has 2 rings (SSSR count). The number of hydrogen-bond acceptors (Lipinski definition) is 8. The van der Waals surface area contributed by atoms with E-state index in [2.05, 4.69) is 5.32 Å². The van der Waals surface area contributed by atoms with Gasteiger partial charge in [0.2, 0.25) is 0 Å². The summed E-state index contributed by atoms with van der Waals surface area (Å²) in [6.45, 7) is -0.704. The number of esters is 1. The van der Waals surface area contributed by atoms with E-state index in [1.807, 2.05) is 0 Å². The summed E-state index contributed by atoms with van der Waals surface area (Å²) >= 11 is 5.84. The number of nitrogens with zero attached hydrogens (tertiary/aromatic N) is 2. The van der Waals surface area contributed by atoms with Crippen LogP contribution in [0.3, 0.4) is 0 Å². The minimum Gasteiger partial charge on any atom is -0.452 e. The molecule has 2 aromatic carbocycles. The zero-order valence-corrected chi connectivity index (χ0v) is 14.1. The Hall–Kier alpha value is -3.73. The second-order valence-electron chi connectivity index (χ2n) is 5.08. The van der Waals surface area contributed by atoms with Crippen LogP contribution in [0, 0.1) is 20.2 Å². The van der Waals surface area contributed by atoms with Crippen LogP contribution in [-0.2, 0) is 9.53 Å². The van der Waals surface area contributed by atoms with E-state index in [-0.39, 0.29) is 27.6 Å². The molecule has 0 fully saturated rings. The van der Waals surface area contributed by atoms with Gasteiger partial charge in [-0.25, -0.2) is 4.79 Å². The minimum absolute atomic E-state index is 0.0713. The molecule has 11 nitrogen and oxygen atoms in total. The molecule has 1 amide bonds. The molecule has 0 saturated carbocycles. The van der Waals surface area contributed by atoms with Gasteiger partial charge >= 0.3 is 5.97 Å². The highest BCUT2D eigenvalue weighted by Crippen LogP contribution is 2.26. The van der Waals surface area contributed by atoms with Crippen molar-refractivity contribution in [2.24, 2.45) is 0 Å². The number of nitrogens with two attached hydrogens (primary N) is 1. The lowest BCUT2D eigenvalue weighted by Crippen LogP contribution is -2.21. The van der Waals surface area contributed by atoms with Crippen molar-refractivity contribution in [2.45, 2.75) is 0 Å². The summed E-state index contributed by atoms with van der Waals surface area (Å²) in [6.07, 6.45) is 0. The molecule has 12 heteroatoms. The second kappa shape index (κ2) is 8.10. The number of anilines is 2. The fourth-order valence-corrected chi connectivity index (χ4v) is 2.17. The summed E-state index contributed by atoms with van der Waals surface area (Å²) in [4.78, 5) is 43.8. The number of benzene rings is 2. The van der Waals surface area contributed by atoms with Crippen LogP contribution in [0.25, 0.3) is 0 Å². The molecular weight excluding hydrogens is 384 g/mol. The van der Waals surface area contributed by atoms with Crippen LogP contribution in [0.4, 0.5) is 22.7 Å². The maximum atomic E-state index is 11.9. The number of nitrogen functional groups attached to an aromatic ring is 1. The summed E-state index contributed by atoms with van der Waals surface area (Å²) in [6, 6.07) is 6.74. The SMILES string of the molecule is Nc1ccc(C(=O)OCC(=O)Nc2ccc([N+](=O)[O-])cc2Cl)cc1[N+](=O)[O-]. The van der Waals surface area contributed by atoms with E-state index in [1.54, 1.807) is 0 Å². The molecule has 0 radical (unpaired) electrons. The highest BCUT2D eigenvalue weighted by atomic mass is 35.5. The Bertz CT molecular complexity index is 948. The van der Waals surface area contributed by atoms with Crippen LogP contribution in [-0.4, -0.2) is 28.3 Å². The number of nitro benzene ring substituents is 2. The van der Waals surface area contributed by atoms with Crippen molar-refractivity contribution in [1.29, 1.82) is 0 Å². The molecule has 0 spiro atoms. The van der Waals surface area contributed by atoms with Gasteiger partial charge < -0.3 is 15.8 Å². The summed E-state index contributed by atoms with van der Waals surface area (Å²) in [5.74, 6) is -1.73. The molecule has 0 bridgehead atoms. The number of non-ortho nitro benzene ring substituents is 1. The van der Waals surface area contributed by atoms with Crippen LogP contribution in [0.15, 0.2) is 36.4 Å². The van der Waals surface area contributed by atoms with Crippen molar-refractivity contribution < 1.29 is 24.2 Å². The van der Waals surface area contributed by atoms with E-state index in [1.165, 1.54) is 18.2 Å². The fourth-order valence-electron chi connectivity index (χ4n) is 1.95. The Balaban J connectivity index is 1.99. The van der Waals surface area contributed by atoms with E-state index in [0.29, 0.717) is 0 Å². The van der Waals surface area contributed by atoms with Gasteiger partial charge in [-0.1, -0.05) is 11.6 Å². The van der Waals surface area contributed by atoms with Crippen LogP contribution in [0.1, 0.15) is 10.4 Å². The molecule has 27 heavy (non-hydrogen) atoms. The van der Waals surface area contributed by atoms with Gasteiger partial charge in [-0.15, -0.1) is 0 Å². The first kappa shape index (κ1) is 19.6. The lowest BCUT2D eigenvalue weighted by Gasteiger charge is -2.08. The molecule has 0 saturated heterocycles. The van der Waals surface area contributed by atoms with Crippen molar-refractivity contribution in [1.82, 2.24) is 0 Å². The van der Waals surface area contributed by atoms with E-state index in [4.69, 9.17) is 22.1 Å². The Morgan fingerprint density at radius 2 is 1.81 bits per heavy atom. The van der Waals surface area contributed by atoms with Gasteiger partial charge in [-0.3, -0.25) is 25.0 Å². The third-order valence-corrected chi connectivity index (χ3v) is 3.55. The smallest absolute Gasteiger partial charge is 0.338 e. The average Bonchev–Trinajstić information content (AvgIpc) is 2.61. The summed E-state index contributed by atoms with van der Waals surface area (Å²) in [7, 11) is 0. The number of ether oxygens (including phenoxy) is 1. The standard InChI is InChI=1S/C15H11ClN4O7/c16-10-6-9(19(23)24)2-4-12(10)18-14(21)7-27-15(22)8-1-3-11(17)13(5-8)20(25)26/h1-6H,7,17H2,(H,18,21). The molecule has 0 aliphatic rings. The lowest BCUT2D eigenvalue weighted by atomic mass is 10.2. The van der Waals surface area contributed by atoms with Gasteiger partial charge in [-0.2, -0.15) is 0 Å². The van der Waals surface area contributed by atoms with Crippen LogP contribution >= 0.6 is 11.6 Å². The number of halogens is 1. The molecule has 2 aromatic rings. The molecule has 0 aliphatic heterocycles. The number of nitro groups is 2. The number of rotatable bonds is 6. The molecule has 0 heterocycles. The third-order valence-electron chi connectivity index (χ3n) is 3.23. The first-order valence-electron chi connectivity index (χ1n) is 7.14. The fraction of sp³-hybridized carbons (Fsp3) is 0.0667. The van der Waals surface area contributed by atoms with Gasteiger partial charge in [0, 0.05) is 18.2 Å². The number of hydrogen-bond donors (Lipinski definition) is 2. The van der Waals surface area contributed by atoms with Crippen molar-refractivity contribution in [3.05, 3.63) is 67.2 Å². The van der Waals surface area contributed by atoms with Crippen LogP contribution < -0.4 is 11.1 Å². The Kier molecular flexibility index (Phi) is 5.88. The first-order valence-corrected chi connectivity index (χ1v) is 7.51. The van der Waals surface area contributed by atoms with Crippen molar-refractivity contribution in [2.75, 3.05) is 17.7 Å². The molecule has 0 atom stereocenters. The van der Waals surface area contributed by atoms with Crippen molar-refractivity contribution in [3.63, 3.8) is 0 Å². The first-order chi connectivity index (χ1) is 12.7. The molecular formula is C15H11ClN4O7. The maximum absolute atomic E-state index is 11.9. The number of amides is 1. The Morgan fingerprint density at radius 1 is 1.11 bits per heavy atom. The lowest BCUT2D eigenvalue weighted by molar-refractivity contribution is -0.384. The highest BCUT2D eigenvalue weighted by molar-refractivity contribution is 6.34. The highest BCUT2D eigenvalue weighted by Gasteiger charge is 2.18. The quantitative estimate of drug-likeness (QED) is 0.326. The van der Waals surface area contributed by atoms with Gasteiger partial charge in [0.25, 0.3) is 17.3 Å². The van der Waals surface area contributed by atoms with Crippen LogP contribution in [0.5, 0.6) is 0 Å². The largest absolute Gasteiger partial charge is 0.452 e. The van der Waals surface area contributed by atoms with Gasteiger partial charge in [-0.05, 0) is 18.2 Å². The summed E-state index contributed by atoms with van der Waals surface area (Å²) < 4.78 is 4.77. The average molecular weight is 395 g/mol. The minimum atomic E-state index is -0.969. The predicted octanol–water partition coefficient (Wildman–Crippen LogP) is 2.53. The molecule has 0 aliphatic carbocycles. The number of carbonyl (C=O) groups excluding carboxylic acids is 2. The maximum Gasteiger partial charge on any atom is 0.338 e. The zero-order chi connectivity index (χ0) is 20.1. The number of carbonyl (C=O) groups is 2. The second-order valence-corrected chi connectivity index (χ2v) is 5.48. The van der Waals surface area contributed by atoms with Gasteiger partial charge in [0.05, 0.1) is 26.1 Å². The summed E-state index contributed by atoms with van der Waals surface area (Å²) in [5, 5.41) is 23.7. The van der Waals surface area contributed by atoms with Crippen LogP contribution in [0.2, 0.25) is 5.02 Å². The topological polar surface area (TPSA) is 168 Å². The summed E-state index contributed by atoms with van der Waals surface area (Å²) in [5.41, 5.74) is 4.52. The number of nitrogens with one attached hydrogen (secondary N) is 1. The normalized spacial score (nSPS) is 10.1. The van der Waals surface area contributed by atoms with Crippen molar-refractivity contribution in [3.8, 4) is 0 Å². The molecule has 3 N–H and O–H groups in total. The van der Waals surface area contributed by atoms with Crippen molar-refractivity contribution >= 4 is 46.2 Å². The Morgan fingerprint density at radius 3 is 2.41 bits per heavy atom. The van der Waals surface area contributed by atoms with E-state index in [0.717, 1.165) is 18.2 Å². The zero-order valence-electron chi connectivity index (χ0n) is 13.4. The predicted molar refractivity (Wildman–Crippen MR) is 94.5 cm³/mol. The monoisotopic (exact) mass is 394 g/mol. The molecule has 0 unspecified atom stereocenters. The van der Waals surface area contributed by atoms with E-state index >= 15 is 0 Å². The van der Waals surface area contributed by atoms with E-state index in [9.17, 15) is 29.8 Å². The van der Waals surface area contributed by atoms with Gasteiger partial charge in [0.15, 0.2) is 6.61 Å². The van der Waals surface area contributed by atoms with Gasteiger partial charge in [0.1, 0.15) is 5.69 Å². The van der Waals surface area contributed by atoms with E-state index < -0.39 is 34.0 Å².